The zero-order valence-corrected chi connectivity index (χ0v) is 8.96. The molecule has 6 heteroatoms. The van der Waals surface area contributed by atoms with Crippen LogP contribution >= 0.6 is 0 Å². The molecule has 0 atom stereocenters. The van der Waals surface area contributed by atoms with Crippen molar-refractivity contribution >= 4 is 10.1 Å². The van der Waals surface area contributed by atoms with Gasteiger partial charge in [0.15, 0.2) is 5.03 Å². The lowest BCUT2D eigenvalue weighted by molar-refractivity contribution is 0.472. The Kier molecular flexibility index (Phi) is 2.82. The molecule has 0 aliphatic rings. The molecule has 0 unspecified atom stereocenters. The fourth-order valence-corrected chi connectivity index (χ4v) is 1.89. The molecule has 0 bridgehead atoms. The van der Waals surface area contributed by atoms with Crippen molar-refractivity contribution in [2.45, 2.75) is 5.03 Å². The summed E-state index contributed by atoms with van der Waals surface area (Å²) in [5, 5.41) is -0.138. The molecular formula is C10H8N2O3S. The SMILES string of the molecule is O=S(=O)(Oc1ccccn1)c1ccccn1. The lowest BCUT2D eigenvalue weighted by Crippen LogP contribution is -2.11. The predicted octanol–water partition coefficient (Wildman–Crippen LogP) is 1.24. The van der Waals surface area contributed by atoms with Gasteiger partial charge in [-0.3, -0.25) is 0 Å². The first kappa shape index (κ1) is 10.6. The van der Waals surface area contributed by atoms with Gasteiger partial charge in [-0.25, -0.2) is 9.97 Å². The molecule has 0 aliphatic carbocycles. The molecule has 0 saturated heterocycles. The van der Waals surface area contributed by atoms with Gasteiger partial charge in [0.05, 0.1) is 0 Å². The third kappa shape index (κ3) is 2.34. The molecule has 2 rings (SSSR count). The number of hydrogen-bond acceptors (Lipinski definition) is 5. The summed E-state index contributed by atoms with van der Waals surface area (Å²) in [7, 11) is -3.89. The van der Waals surface area contributed by atoms with Crippen molar-refractivity contribution < 1.29 is 12.6 Å². The largest absolute Gasteiger partial charge is 0.358 e. The van der Waals surface area contributed by atoms with Crippen molar-refractivity contribution in [1.82, 2.24) is 9.97 Å². The van der Waals surface area contributed by atoms with Crippen molar-refractivity contribution in [2.24, 2.45) is 0 Å². The Labute approximate surface area is 92.9 Å². The number of rotatable bonds is 3. The highest BCUT2D eigenvalue weighted by Crippen LogP contribution is 2.13. The minimum Gasteiger partial charge on any atom is -0.357 e. The molecule has 0 radical (unpaired) electrons. The van der Waals surface area contributed by atoms with Crippen molar-refractivity contribution in [3.63, 3.8) is 0 Å². The van der Waals surface area contributed by atoms with Gasteiger partial charge in [-0.1, -0.05) is 12.1 Å². The van der Waals surface area contributed by atoms with E-state index in [1.165, 1.54) is 24.5 Å². The van der Waals surface area contributed by atoms with Crippen molar-refractivity contribution in [1.29, 1.82) is 0 Å². The maximum atomic E-state index is 11.7. The predicted molar refractivity (Wildman–Crippen MR) is 56.3 cm³/mol. The molecule has 16 heavy (non-hydrogen) atoms. The first-order valence-electron chi connectivity index (χ1n) is 4.45. The van der Waals surface area contributed by atoms with E-state index in [2.05, 4.69) is 9.97 Å². The van der Waals surface area contributed by atoms with Gasteiger partial charge in [0, 0.05) is 18.5 Å². The standard InChI is InChI=1S/C10H8N2O3S/c13-16(14,10-6-2-4-8-12-10)15-9-5-1-3-7-11-9/h1-8H. The second-order valence-electron chi connectivity index (χ2n) is 2.87. The minimum atomic E-state index is -3.89. The summed E-state index contributed by atoms with van der Waals surface area (Å²) in [6.45, 7) is 0. The maximum absolute atomic E-state index is 11.7. The number of aromatic nitrogens is 2. The lowest BCUT2D eigenvalue weighted by atomic mass is 10.5. The Morgan fingerprint density at radius 2 is 1.62 bits per heavy atom. The molecule has 0 N–H and O–H groups in total. The van der Waals surface area contributed by atoms with Gasteiger partial charge in [0.1, 0.15) is 0 Å². The summed E-state index contributed by atoms with van der Waals surface area (Å²) < 4.78 is 28.1. The van der Waals surface area contributed by atoms with Gasteiger partial charge in [0.2, 0.25) is 5.88 Å². The smallest absolute Gasteiger partial charge is 0.357 e. The molecule has 0 aliphatic heterocycles. The van der Waals surface area contributed by atoms with Crippen LogP contribution in [0.4, 0.5) is 0 Å². The fraction of sp³-hybridized carbons (Fsp3) is 0. The van der Waals surface area contributed by atoms with Crippen molar-refractivity contribution in [3.8, 4) is 5.88 Å². The van der Waals surface area contributed by atoms with E-state index in [0.29, 0.717) is 0 Å². The molecule has 0 fully saturated rings. The highest BCUT2D eigenvalue weighted by Gasteiger charge is 2.17. The van der Waals surface area contributed by atoms with E-state index in [4.69, 9.17) is 4.18 Å². The Bertz CT molecular complexity index is 555. The summed E-state index contributed by atoms with van der Waals surface area (Å²) in [5.41, 5.74) is 0. The van der Waals surface area contributed by atoms with Gasteiger partial charge >= 0.3 is 10.1 Å². The van der Waals surface area contributed by atoms with Gasteiger partial charge in [-0.15, -0.1) is 0 Å². The van der Waals surface area contributed by atoms with Gasteiger partial charge in [-0.05, 0) is 18.2 Å². The highest BCUT2D eigenvalue weighted by molar-refractivity contribution is 7.87. The van der Waals surface area contributed by atoms with Crippen molar-refractivity contribution in [3.05, 3.63) is 48.8 Å². The molecule has 2 aromatic heterocycles. The molecule has 0 saturated carbocycles. The van der Waals surface area contributed by atoms with Crippen LogP contribution in [0.25, 0.3) is 0 Å². The Morgan fingerprint density at radius 1 is 0.938 bits per heavy atom. The molecule has 2 aromatic rings. The van der Waals surface area contributed by atoms with E-state index in [-0.39, 0.29) is 10.9 Å². The highest BCUT2D eigenvalue weighted by atomic mass is 32.2. The second kappa shape index (κ2) is 4.28. The van der Waals surface area contributed by atoms with E-state index in [9.17, 15) is 8.42 Å². The average molecular weight is 236 g/mol. The molecule has 5 nitrogen and oxygen atoms in total. The second-order valence-corrected chi connectivity index (χ2v) is 4.37. The third-order valence-electron chi connectivity index (χ3n) is 1.73. The number of pyridine rings is 2. The van der Waals surface area contributed by atoms with Crippen LogP contribution in [0, 0.1) is 0 Å². The first-order chi connectivity index (χ1) is 7.68. The van der Waals surface area contributed by atoms with Crippen LogP contribution in [-0.4, -0.2) is 18.4 Å². The maximum Gasteiger partial charge on any atom is 0.358 e. The van der Waals surface area contributed by atoms with Gasteiger partial charge < -0.3 is 4.18 Å². The van der Waals surface area contributed by atoms with Gasteiger partial charge in [-0.2, -0.15) is 8.42 Å². The third-order valence-corrected chi connectivity index (χ3v) is 2.87. The topological polar surface area (TPSA) is 69.2 Å². The first-order valence-corrected chi connectivity index (χ1v) is 5.86. The molecular weight excluding hydrogens is 228 g/mol. The van der Waals surface area contributed by atoms with E-state index in [1.807, 2.05) is 0 Å². The molecule has 0 aromatic carbocycles. The normalized spacial score (nSPS) is 11.0. The molecule has 0 amide bonds. The number of nitrogens with zero attached hydrogens (tertiary/aromatic N) is 2. The molecule has 82 valence electrons. The zero-order valence-electron chi connectivity index (χ0n) is 8.15. The van der Waals surface area contributed by atoms with Crippen LogP contribution in [0.15, 0.2) is 53.8 Å². The van der Waals surface area contributed by atoms with E-state index < -0.39 is 10.1 Å². The summed E-state index contributed by atoms with van der Waals surface area (Å²) in [6.07, 6.45) is 2.83. The Morgan fingerprint density at radius 3 is 2.19 bits per heavy atom. The molecule has 0 spiro atoms. The number of hydrogen-bond donors (Lipinski definition) is 0. The van der Waals surface area contributed by atoms with Crippen LogP contribution in [0.2, 0.25) is 0 Å². The van der Waals surface area contributed by atoms with Crippen LogP contribution in [0.5, 0.6) is 5.88 Å². The van der Waals surface area contributed by atoms with Crippen LogP contribution in [-0.2, 0) is 10.1 Å². The summed E-state index contributed by atoms with van der Waals surface area (Å²) in [5.74, 6) is 0.0214. The van der Waals surface area contributed by atoms with Crippen LogP contribution < -0.4 is 4.18 Å². The van der Waals surface area contributed by atoms with Gasteiger partial charge in [0.25, 0.3) is 0 Å². The van der Waals surface area contributed by atoms with Crippen molar-refractivity contribution in [2.75, 3.05) is 0 Å². The fourth-order valence-electron chi connectivity index (χ4n) is 1.05. The quantitative estimate of drug-likeness (QED) is 0.750. The summed E-state index contributed by atoms with van der Waals surface area (Å²) in [4.78, 5) is 7.47. The average Bonchev–Trinajstić information content (AvgIpc) is 2.31. The van der Waals surface area contributed by atoms with Crippen LogP contribution in [0.3, 0.4) is 0 Å². The van der Waals surface area contributed by atoms with E-state index in [0.717, 1.165) is 0 Å². The lowest BCUT2D eigenvalue weighted by Gasteiger charge is -2.03. The minimum absolute atomic E-state index is 0.0214. The van der Waals surface area contributed by atoms with E-state index in [1.54, 1.807) is 24.3 Å². The Balaban J connectivity index is 2.29. The molecule has 2 heterocycles. The monoisotopic (exact) mass is 236 g/mol. The summed E-state index contributed by atoms with van der Waals surface area (Å²) in [6, 6.07) is 9.32. The Hall–Kier alpha value is -1.95. The van der Waals surface area contributed by atoms with E-state index >= 15 is 0 Å². The zero-order chi connectivity index (χ0) is 11.4. The van der Waals surface area contributed by atoms with Crippen LogP contribution in [0.1, 0.15) is 0 Å². The summed E-state index contributed by atoms with van der Waals surface area (Å²) >= 11 is 0.